The fourth-order valence-corrected chi connectivity index (χ4v) is 3.86. The number of ether oxygens (including phenoxy) is 1. The van der Waals surface area contributed by atoms with E-state index in [1.807, 2.05) is 31.5 Å². The van der Waals surface area contributed by atoms with Crippen molar-refractivity contribution in [3.05, 3.63) is 70.1 Å². The van der Waals surface area contributed by atoms with E-state index in [-0.39, 0.29) is 5.60 Å². The molecule has 4 rings (SSSR count). The van der Waals surface area contributed by atoms with Crippen molar-refractivity contribution >= 4 is 11.4 Å². The van der Waals surface area contributed by atoms with Gasteiger partial charge in [0.1, 0.15) is 17.0 Å². The Labute approximate surface area is 164 Å². The number of nitroso groups, excluding NO2 is 1. The van der Waals surface area contributed by atoms with E-state index < -0.39 is 0 Å². The lowest BCUT2D eigenvalue weighted by Crippen LogP contribution is -2.38. The smallest absolute Gasteiger partial charge is 0.127 e. The molecule has 6 heteroatoms. The van der Waals surface area contributed by atoms with Gasteiger partial charge in [0.05, 0.1) is 12.9 Å². The zero-order chi connectivity index (χ0) is 19.9. The molecule has 3 aromatic rings. The molecule has 28 heavy (non-hydrogen) atoms. The van der Waals surface area contributed by atoms with E-state index in [9.17, 15) is 4.91 Å². The molecule has 0 bridgehead atoms. The van der Waals surface area contributed by atoms with Crippen molar-refractivity contribution in [2.24, 2.45) is 5.18 Å². The Bertz CT molecular complexity index is 1030. The molecule has 0 aliphatic carbocycles. The van der Waals surface area contributed by atoms with Crippen molar-refractivity contribution in [2.45, 2.75) is 39.7 Å². The van der Waals surface area contributed by atoms with Gasteiger partial charge in [-0.05, 0) is 73.8 Å². The van der Waals surface area contributed by atoms with Crippen LogP contribution in [0.1, 0.15) is 29.2 Å². The van der Waals surface area contributed by atoms with Gasteiger partial charge in [0, 0.05) is 35.8 Å². The van der Waals surface area contributed by atoms with Gasteiger partial charge in [-0.3, -0.25) is 0 Å². The Kier molecular flexibility index (Phi) is 4.41. The number of benzene rings is 2. The second-order valence-corrected chi connectivity index (χ2v) is 7.72. The number of hydrogen-bond donors (Lipinski definition) is 1. The maximum absolute atomic E-state index is 11.3. The van der Waals surface area contributed by atoms with Crippen LogP contribution in [-0.2, 0) is 6.42 Å². The first kappa shape index (κ1) is 18.2. The number of aromatic nitrogens is 2. The normalized spacial score (nSPS) is 17.9. The molecule has 2 aromatic carbocycles. The lowest BCUT2D eigenvalue weighted by Gasteiger charge is -2.25. The van der Waals surface area contributed by atoms with Gasteiger partial charge in [-0.25, -0.2) is 4.98 Å². The number of nitrogens with zero attached hydrogens (tertiary/aromatic N) is 3. The number of hydrogen-bond acceptors (Lipinski definition) is 5. The van der Waals surface area contributed by atoms with E-state index in [0.717, 1.165) is 45.8 Å². The van der Waals surface area contributed by atoms with Gasteiger partial charge in [0.2, 0.25) is 0 Å². The molecule has 0 radical (unpaired) electrons. The monoisotopic (exact) mass is 376 g/mol. The third-order valence-corrected chi connectivity index (χ3v) is 5.67. The van der Waals surface area contributed by atoms with Gasteiger partial charge in [0.25, 0.3) is 0 Å². The SMILES string of the molecule is Cc1c(C)c2c(c(C)c1N=O)CC(C)(CNc1ccc(-n3ccnc3)cc1)O2. The Morgan fingerprint density at radius 2 is 1.93 bits per heavy atom. The van der Waals surface area contributed by atoms with E-state index in [4.69, 9.17) is 4.74 Å². The number of anilines is 1. The van der Waals surface area contributed by atoms with E-state index >= 15 is 0 Å². The number of nitrogens with one attached hydrogen (secondary N) is 1. The van der Waals surface area contributed by atoms with Crippen LogP contribution in [0.4, 0.5) is 11.4 Å². The van der Waals surface area contributed by atoms with Gasteiger partial charge in [-0.2, -0.15) is 0 Å². The topological polar surface area (TPSA) is 68.5 Å². The van der Waals surface area contributed by atoms with Crippen LogP contribution in [0.2, 0.25) is 0 Å². The van der Waals surface area contributed by atoms with Gasteiger partial charge >= 0.3 is 0 Å². The fraction of sp³-hybridized carbons (Fsp3) is 0.318. The molecule has 1 aromatic heterocycles. The minimum absolute atomic E-state index is 0.380. The molecule has 2 heterocycles. The van der Waals surface area contributed by atoms with Gasteiger partial charge < -0.3 is 14.6 Å². The highest BCUT2D eigenvalue weighted by Gasteiger charge is 2.38. The summed E-state index contributed by atoms with van der Waals surface area (Å²) in [5.41, 5.74) is 6.20. The zero-order valence-corrected chi connectivity index (χ0v) is 16.6. The molecule has 0 fully saturated rings. The van der Waals surface area contributed by atoms with Crippen molar-refractivity contribution in [2.75, 3.05) is 11.9 Å². The first-order valence-corrected chi connectivity index (χ1v) is 9.39. The molecule has 1 aliphatic heterocycles. The van der Waals surface area contributed by atoms with Crippen molar-refractivity contribution in [1.82, 2.24) is 9.55 Å². The second-order valence-electron chi connectivity index (χ2n) is 7.72. The summed E-state index contributed by atoms with van der Waals surface area (Å²) in [6.45, 7) is 8.64. The number of fused-ring (bicyclic) bond motifs is 1. The summed E-state index contributed by atoms with van der Waals surface area (Å²) >= 11 is 0. The van der Waals surface area contributed by atoms with Crippen LogP contribution >= 0.6 is 0 Å². The maximum atomic E-state index is 11.3. The molecule has 1 unspecified atom stereocenters. The zero-order valence-electron chi connectivity index (χ0n) is 16.6. The van der Waals surface area contributed by atoms with Crippen LogP contribution in [0, 0.1) is 25.7 Å². The molecule has 144 valence electrons. The predicted molar refractivity (Wildman–Crippen MR) is 111 cm³/mol. The summed E-state index contributed by atoms with van der Waals surface area (Å²) in [4.78, 5) is 15.4. The minimum Gasteiger partial charge on any atom is -0.485 e. The molecule has 0 amide bonds. The summed E-state index contributed by atoms with van der Waals surface area (Å²) in [6, 6.07) is 8.21. The van der Waals surface area contributed by atoms with Crippen molar-refractivity contribution in [3.8, 4) is 11.4 Å². The highest BCUT2D eigenvalue weighted by atomic mass is 16.5. The molecule has 0 saturated heterocycles. The van der Waals surface area contributed by atoms with Crippen LogP contribution < -0.4 is 10.1 Å². The molecular weight excluding hydrogens is 352 g/mol. The van der Waals surface area contributed by atoms with Crippen LogP contribution in [0.25, 0.3) is 5.69 Å². The summed E-state index contributed by atoms with van der Waals surface area (Å²) in [5, 5.41) is 6.73. The largest absolute Gasteiger partial charge is 0.485 e. The number of imidazole rings is 1. The van der Waals surface area contributed by atoms with Gasteiger partial charge in [0.15, 0.2) is 0 Å². The van der Waals surface area contributed by atoms with Gasteiger partial charge in [-0.1, -0.05) is 0 Å². The Balaban J connectivity index is 1.50. The van der Waals surface area contributed by atoms with Crippen molar-refractivity contribution in [3.63, 3.8) is 0 Å². The summed E-state index contributed by atoms with van der Waals surface area (Å²) in [7, 11) is 0. The Morgan fingerprint density at radius 3 is 2.57 bits per heavy atom. The van der Waals surface area contributed by atoms with E-state index in [1.54, 1.807) is 12.5 Å². The van der Waals surface area contributed by atoms with Crippen molar-refractivity contribution in [1.29, 1.82) is 0 Å². The fourth-order valence-electron chi connectivity index (χ4n) is 3.86. The quantitative estimate of drug-likeness (QED) is 0.636. The minimum atomic E-state index is -0.380. The molecule has 6 nitrogen and oxygen atoms in total. The van der Waals surface area contributed by atoms with Crippen LogP contribution in [0.15, 0.2) is 48.2 Å². The average molecular weight is 376 g/mol. The number of rotatable bonds is 5. The maximum Gasteiger partial charge on any atom is 0.127 e. The Hall–Kier alpha value is -3.15. The van der Waals surface area contributed by atoms with E-state index in [1.165, 1.54) is 0 Å². The molecule has 1 aliphatic rings. The lowest BCUT2D eigenvalue weighted by atomic mass is 9.92. The van der Waals surface area contributed by atoms with Crippen LogP contribution in [0.3, 0.4) is 0 Å². The summed E-state index contributed by atoms with van der Waals surface area (Å²) in [5.74, 6) is 0.905. The van der Waals surface area contributed by atoms with Gasteiger partial charge in [-0.15, -0.1) is 4.91 Å². The molecule has 0 saturated carbocycles. The van der Waals surface area contributed by atoms with E-state index in [0.29, 0.717) is 12.2 Å². The third-order valence-electron chi connectivity index (χ3n) is 5.67. The average Bonchev–Trinajstić information content (AvgIpc) is 3.34. The molecule has 1 atom stereocenters. The highest BCUT2D eigenvalue weighted by Crippen LogP contribution is 2.45. The third kappa shape index (κ3) is 3.05. The second kappa shape index (κ2) is 6.78. The molecule has 1 N–H and O–H groups in total. The lowest BCUT2D eigenvalue weighted by molar-refractivity contribution is 0.130. The summed E-state index contributed by atoms with van der Waals surface area (Å²) in [6.07, 6.45) is 6.21. The predicted octanol–water partition coefficient (Wildman–Crippen LogP) is 5.00. The standard InChI is InChI=1S/C22H24N4O2/c1-14-15(2)21-19(16(3)20(14)25-27)11-22(4,28-21)12-24-17-5-7-18(8-6-17)26-10-9-23-13-26/h5-10,13,24H,11-12H2,1-4H3. The Morgan fingerprint density at radius 1 is 1.18 bits per heavy atom. The first-order chi connectivity index (χ1) is 13.4. The van der Waals surface area contributed by atoms with Crippen LogP contribution in [-0.4, -0.2) is 21.7 Å². The van der Waals surface area contributed by atoms with Crippen molar-refractivity contribution < 1.29 is 4.74 Å². The van der Waals surface area contributed by atoms with Crippen LogP contribution in [0.5, 0.6) is 5.75 Å². The van der Waals surface area contributed by atoms with E-state index in [2.05, 4.69) is 46.7 Å². The highest BCUT2D eigenvalue weighted by molar-refractivity contribution is 5.66. The summed E-state index contributed by atoms with van der Waals surface area (Å²) < 4.78 is 8.34. The first-order valence-electron chi connectivity index (χ1n) is 9.39. The molecular formula is C22H24N4O2. The molecule has 0 spiro atoms.